The largest absolute Gasteiger partial charge is 0.481 e. The van der Waals surface area contributed by atoms with Crippen molar-refractivity contribution >= 4 is 90.6 Å². The molecule has 0 amide bonds. The minimum absolute atomic E-state index is 0.00139. The molecule has 3 heterocycles. The number of rotatable bonds is 26. The summed E-state index contributed by atoms with van der Waals surface area (Å²) in [6.45, 7) is 5.71. The smallest absolute Gasteiger partial charge is 0.347 e. The van der Waals surface area contributed by atoms with Crippen LogP contribution in [0.4, 0.5) is 0 Å². The molecule has 34 heteroatoms. The number of cyclic esters (lactones) is 2. The Bertz CT molecular complexity index is 1780. The third-order valence-electron chi connectivity index (χ3n) is 7.38. The Morgan fingerprint density at radius 2 is 0.883 bits per heavy atom. The molecule has 0 aromatic rings. The molecule has 1 fully saturated rings. The SMILES string of the molecule is C1COC(C2=NCCO2)=N1.CB=O.CC(OC(=O)CO)C(=O)O.CC(OC(=O)COC(=O)CCC(=O)O)C(=O)OCCCO.CC(OC(=O)COC(=O)CCC(=O)O)C(=O)OCCCO.O=C1CCC(=O)O1.OCCCO. The van der Waals surface area contributed by atoms with Crippen LogP contribution in [0.3, 0.4) is 0 Å². The van der Waals surface area contributed by atoms with E-state index in [2.05, 4.69) is 47.9 Å². The molecule has 3 rings (SSSR count). The Morgan fingerprint density at radius 3 is 1.13 bits per heavy atom. The fourth-order valence-corrected chi connectivity index (χ4v) is 3.83. The fourth-order valence-electron chi connectivity index (χ4n) is 3.83. The zero-order valence-electron chi connectivity index (χ0n) is 42.7. The van der Waals surface area contributed by atoms with Crippen molar-refractivity contribution in [1.82, 2.24) is 0 Å². The second kappa shape index (κ2) is 50.6. The van der Waals surface area contributed by atoms with Gasteiger partial charge in [0.05, 0.1) is 64.8 Å². The van der Waals surface area contributed by atoms with Crippen LogP contribution < -0.4 is 0 Å². The molecule has 0 aliphatic carbocycles. The summed E-state index contributed by atoms with van der Waals surface area (Å²) in [5.41, 5.74) is 0. The first-order chi connectivity index (χ1) is 36.4. The number of carbonyl (C=O) groups is 12. The molecular formula is C43H67BN2O31. The molecule has 77 heavy (non-hydrogen) atoms. The topological polar surface area (TPSA) is 501 Å². The third kappa shape index (κ3) is 50.4. The summed E-state index contributed by atoms with van der Waals surface area (Å²) >= 11 is 0. The second-order valence-electron chi connectivity index (χ2n) is 13.9. The second-order valence-corrected chi connectivity index (χ2v) is 13.9. The Morgan fingerprint density at radius 1 is 0.532 bits per heavy atom. The van der Waals surface area contributed by atoms with Crippen molar-refractivity contribution in [3.63, 3.8) is 0 Å². The van der Waals surface area contributed by atoms with Gasteiger partial charge in [-0.15, -0.1) is 0 Å². The Labute approximate surface area is 439 Å². The van der Waals surface area contributed by atoms with E-state index in [-0.39, 0.29) is 78.2 Å². The molecule has 33 nitrogen and oxygen atoms in total. The molecule has 3 aliphatic heterocycles. The van der Waals surface area contributed by atoms with E-state index < -0.39 is 123 Å². The van der Waals surface area contributed by atoms with E-state index in [1.54, 1.807) is 0 Å². The molecule has 0 aromatic heterocycles. The van der Waals surface area contributed by atoms with Crippen molar-refractivity contribution in [3.8, 4) is 0 Å². The number of carbonyl (C=O) groups excluding carboxylic acids is 9. The zero-order chi connectivity index (χ0) is 59.6. The van der Waals surface area contributed by atoms with Crippen molar-refractivity contribution in [1.29, 1.82) is 0 Å². The summed E-state index contributed by atoms with van der Waals surface area (Å²) in [5, 5.41) is 65.8. The van der Waals surface area contributed by atoms with E-state index in [1.807, 2.05) is 0 Å². The quantitative estimate of drug-likeness (QED) is 0.0138. The van der Waals surface area contributed by atoms with Gasteiger partial charge in [0.1, 0.15) is 19.8 Å². The molecule has 1 saturated heterocycles. The van der Waals surface area contributed by atoms with Gasteiger partial charge in [-0.2, -0.15) is 0 Å². The number of hydrogen-bond acceptors (Lipinski definition) is 30. The average molecular weight is 1120 g/mol. The summed E-state index contributed by atoms with van der Waals surface area (Å²) < 4.78 is 54.9. The van der Waals surface area contributed by atoms with Crippen molar-refractivity contribution < 1.29 is 150 Å². The van der Waals surface area contributed by atoms with E-state index in [1.165, 1.54) is 27.6 Å². The summed E-state index contributed by atoms with van der Waals surface area (Å²) in [5.74, 6) is -9.30. The number of carboxylic acid groups (broad SMARTS) is 3. The molecule has 0 radical (unpaired) electrons. The van der Waals surface area contributed by atoms with Crippen LogP contribution in [-0.2, 0) is 110 Å². The monoisotopic (exact) mass is 1120 g/mol. The van der Waals surface area contributed by atoms with Gasteiger partial charge in [0.25, 0.3) is 11.8 Å². The van der Waals surface area contributed by atoms with Gasteiger partial charge in [-0.05, 0) is 27.2 Å². The molecule has 0 bridgehead atoms. The molecule has 0 saturated carbocycles. The number of carboxylic acids is 3. The van der Waals surface area contributed by atoms with Gasteiger partial charge in [0.15, 0.2) is 31.5 Å². The Hall–Kier alpha value is -7.56. The molecule has 8 N–H and O–H groups in total. The molecule has 438 valence electrons. The van der Waals surface area contributed by atoms with Gasteiger partial charge >= 0.3 is 90.3 Å². The van der Waals surface area contributed by atoms with E-state index >= 15 is 0 Å². The first-order valence-electron chi connectivity index (χ1n) is 22.8. The van der Waals surface area contributed by atoms with Crippen molar-refractivity contribution in [2.75, 3.05) is 85.8 Å². The maximum atomic E-state index is 11.3. The van der Waals surface area contributed by atoms with E-state index in [9.17, 15) is 57.5 Å². The van der Waals surface area contributed by atoms with Gasteiger partial charge in [-0.3, -0.25) is 28.8 Å². The van der Waals surface area contributed by atoms with Gasteiger partial charge in [-0.1, -0.05) is 0 Å². The first-order valence-corrected chi connectivity index (χ1v) is 22.8. The fraction of sp³-hybridized carbons (Fsp3) is 0.674. The van der Waals surface area contributed by atoms with E-state index in [0.29, 0.717) is 31.4 Å². The van der Waals surface area contributed by atoms with Crippen LogP contribution in [0.1, 0.15) is 78.6 Å². The van der Waals surface area contributed by atoms with Crippen molar-refractivity contribution in [3.05, 3.63) is 0 Å². The van der Waals surface area contributed by atoms with Crippen LogP contribution >= 0.6 is 0 Å². The summed E-state index contributed by atoms with van der Waals surface area (Å²) in [6, 6.07) is 0. The number of nitrogens with zero attached hydrogens (tertiary/aromatic N) is 2. The number of esters is 9. The Kier molecular flexibility index (Phi) is 49.9. The summed E-state index contributed by atoms with van der Waals surface area (Å²) in [4.78, 5) is 136. The summed E-state index contributed by atoms with van der Waals surface area (Å²) in [7, 11) is 0.750. The zero-order valence-corrected chi connectivity index (χ0v) is 42.7. The van der Waals surface area contributed by atoms with Crippen LogP contribution in [0.15, 0.2) is 9.98 Å². The first kappa shape index (κ1) is 76.0. The number of aliphatic hydroxyl groups is 5. The molecule has 3 aliphatic rings. The van der Waals surface area contributed by atoms with Crippen LogP contribution in [0.2, 0.25) is 6.82 Å². The predicted octanol–water partition coefficient (Wildman–Crippen LogP) is -3.36. The van der Waals surface area contributed by atoms with Crippen LogP contribution in [0.25, 0.3) is 0 Å². The normalized spacial score (nSPS) is 13.3. The third-order valence-corrected chi connectivity index (χ3v) is 7.38. The van der Waals surface area contributed by atoms with Crippen LogP contribution in [0.5, 0.6) is 0 Å². The van der Waals surface area contributed by atoms with Gasteiger partial charge in [0, 0.05) is 39.3 Å². The molecular weight excluding hydrogens is 1050 g/mol. The van der Waals surface area contributed by atoms with Crippen molar-refractivity contribution in [2.45, 2.75) is 104 Å². The maximum Gasteiger partial charge on any atom is 0.347 e. The summed E-state index contributed by atoms with van der Waals surface area (Å²) in [6.07, 6.45) is -3.49. The molecule has 3 unspecified atom stereocenters. The van der Waals surface area contributed by atoms with Gasteiger partial charge in [-0.25, -0.2) is 38.8 Å². The molecule has 0 spiro atoms. The minimum atomic E-state index is -1.23. The minimum Gasteiger partial charge on any atom is -0.481 e. The van der Waals surface area contributed by atoms with Crippen molar-refractivity contribution in [2.24, 2.45) is 9.98 Å². The van der Waals surface area contributed by atoms with E-state index in [0.717, 1.165) is 20.2 Å². The van der Waals surface area contributed by atoms with Gasteiger partial charge in [0.2, 0.25) is 0 Å². The van der Waals surface area contributed by atoms with Gasteiger partial charge < -0.3 is 88.2 Å². The number of ether oxygens (including phenoxy) is 10. The molecule has 0 aromatic carbocycles. The standard InChI is InChI=1S/2C12H18O9.C6H8N2O2.C5H8O5.C4H4O3.C3H8O2.CH3BO/c2*1-8(12(18)19-6-2-5-13)21-11(17)7-20-10(16)4-3-9(14)15;1-3-9-5(7-1)6-8-2-4-10-6;1-3(5(8)9)10-4(7)2-6;5-3-1-2-4(6)7-3;4-2-1-3-5;1-2-3/h2*8,13H,2-7H2,1H3,(H,14,15);1-4H2;3,6H,2H2,1H3,(H,8,9);1-2H2;4-5H,1-3H2;1H3. The van der Waals surface area contributed by atoms with Crippen LogP contribution in [0, 0.1) is 0 Å². The number of aliphatic carboxylic acids is 3. The van der Waals surface area contributed by atoms with E-state index in [4.69, 9.17) is 55.0 Å². The van der Waals surface area contributed by atoms with Crippen LogP contribution in [-0.4, -0.2) is 236 Å². The maximum absolute atomic E-state index is 11.3. The number of aliphatic imine (C=N–C) groups is 2. The average Bonchev–Trinajstić information content (AvgIpc) is 4.20. The number of aliphatic hydroxyl groups excluding tert-OH is 5. The number of hydrogen-bond donors (Lipinski definition) is 8. The molecule has 3 atom stereocenters. The Balaban J connectivity index is -0.000000436. The predicted molar refractivity (Wildman–Crippen MR) is 250 cm³/mol.